The molecule has 1 aromatic heterocycles. The first-order chi connectivity index (χ1) is 9.56. The van der Waals surface area contributed by atoms with Crippen molar-refractivity contribution in [1.29, 1.82) is 0 Å². The van der Waals surface area contributed by atoms with Gasteiger partial charge in [0.15, 0.2) is 0 Å². The molecule has 1 N–H and O–H groups in total. The summed E-state index contributed by atoms with van der Waals surface area (Å²) in [6.07, 6.45) is -4.34. The fourth-order valence-electron chi connectivity index (χ4n) is 2.31. The van der Waals surface area contributed by atoms with Crippen LogP contribution in [0.25, 0.3) is 0 Å². The molecule has 1 aliphatic carbocycles. The largest absolute Gasteiger partial charge is 0.444 e. The summed E-state index contributed by atoms with van der Waals surface area (Å²) in [6, 6.07) is 0. The summed E-state index contributed by atoms with van der Waals surface area (Å²) in [4.78, 5) is 12.4. The van der Waals surface area contributed by atoms with Crippen molar-refractivity contribution in [2.24, 2.45) is 5.92 Å². The number of carbonyl (C=O) groups is 1. The van der Waals surface area contributed by atoms with E-state index in [1.807, 2.05) is 0 Å². The minimum Gasteiger partial charge on any atom is -0.444 e. The van der Waals surface area contributed by atoms with Crippen LogP contribution in [-0.4, -0.2) is 17.9 Å². The second-order valence-corrected chi connectivity index (χ2v) is 7.12. The molecule has 0 saturated heterocycles. The number of hydrogen-bond donors (Lipinski definition) is 1. The lowest BCUT2D eigenvalue weighted by molar-refractivity contribution is -0.176. The third-order valence-electron chi connectivity index (χ3n) is 3.25. The fourth-order valence-corrected chi connectivity index (χ4v) is 3.42. The number of amides is 1. The van der Waals surface area contributed by atoms with Crippen molar-refractivity contribution in [3.8, 4) is 0 Å². The summed E-state index contributed by atoms with van der Waals surface area (Å²) < 4.78 is 43.4. The third kappa shape index (κ3) is 4.12. The lowest BCUT2D eigenvalue weighted by Crippen LogP contribution is -2.29. The molecule has 1 heterocycles. The van der Waals surface area contributed by atoms with Crippen LogP contribution in [0.1, 0.15) is 37.6 Å². The summed E-state index contributed by atoms with van der Waals surface area (Å²) in [5.41, 5.74) is 0.776. The lowest BCUT2D eigenvalue weighted by atomic mass is 9.88. The Morgan fingerprint density at radius 2 is 2.05 bits per heavy atom. The number of halogens is 3. The second kappa shape index (κ2) is 5.51. The quantitative estimate of drug-likeness (QED) is 0.809. The van der Waals surface area contributed by atoms with Crippen LogP contribution >= 0.6 is 11.3 Å². The molecule has 2 rings (SSSR count). The van der Waals surface area contributed by atoms with E-state index < -0.39 is 23.8 Å². The van der Waals surface area contributed by atoms with Gasteiger partial charge in [-0.15, -0.1) is 11.3 Å². The highest BCUT2D eigenvalue weighted by Crippen LogP contribution is 2.41. The summed E-state index contributed by atoms with van der Waals surface area (Å²) in [7, 11) is 0. The van der Waals surface area contributed by atoms with Gasteiger partial charge in [0.25, 0.3) is 0 Å². The van der Waals surface area contributed by atoms with E-state index in [2.05, 4.69) is 5.32 Å². The molecule has 0 saturated carbocycles. The molecule has 118 valence electrons. The third-order valence-corrected chi connectivity index (χ3v) is 4.30. The predicted octanol–water partition coefficient (Wildman–Crippen LogP) is 4.76. The summed E-state index contributed by atoms with van der Waals surface area (Å²) in [5.74, 6) is -1.28. The topological polar surface area (TPSA) is 38.3 Å². The normalized spacial score (nSPS) is 19.0. The zero-order valence-electron chi connectivity index (χ0n) is 12.1. The van der Waals surface area contributed by atoms with E-state index in [0.717, 1.165) is 5.56 Å². The van der Waals surface area contributed by atoms with Crippen molar-refractivity contribution in [1.82, 2.24) is 0 Å². The van der Waals surface area contributed by atoms with E-state index in [-0.39, 0.29) is 12.8 Å². The molecular formula is C14H18F3NO2S. The molecule has 0 radical (unpaired) electrons. The molecule has 1 atom stereocenters. The number of rotatable bonds is 1. The number of anilines is 1. The van der Waals surface area contributed by atoms with Crippen molar-refractivity contribution in [3.63, 3.8) is 0 Å². The van der Waals surface area contributed by atoms with Gasteiger partial charge < -0.3 is 4.74 Å². The molecule has 0 aliphatic heterocycles. The highest BCUT2D eigenvalue weighted by molar-refractivity contribution is 7.10. The lowest BCUT2D eigenvalue weighted by Gasteiger charge is -2.25. The van der Waals surface area contributed by atoms with Gasteiger partial charge in [-0.1, -0.05) is 0 Å². The zero-order valence-corrected chi connectivity index (χ0v) is 13.0. The van der Waals surface area contributed by atoms with Gasteiger partial charge in [-0.25, -0.2) is 4.79 Å². The number of nitrogens with one attached hydrogen (secondary N) is 1. The Hall–Kier alpha value is -1.24. The van der Waals surface area contributed by atoms with Crippen LogP contribution in [0.2, 0.25) is 0 Å². The first-order valence-electron chi connectivity index (χ1n) is 6.72. The Balaban J connectivity index is 2.07. The monoisotopic (exact) mass is 321 g/mol. The Morgan fingerprint density at radius 3 is 2.62 bits per heavy atom. The fraction of sp³-hybridized carbons (Fsp3) is 0.643. The maximum atomic E-state index is 12.8. The van der Waals surface area contributed by atoms with Crippen LogP contribution in [0.15, 0.2) is 5.38 Å². The number of hydrogen-bond acceptors (Lipinski definition) is 3. The number of carbonyl (C=O) groups excluding carboxylic acids is 1. The summed E-state index contributed by atoms with van der Waals surface area (Å²) in [5, 5.41) is 4.32. The van der Waals surface area contributed by atoms with Gasteiger partial charge in [0, 0.05) is 10.3 Å². The number of ether oxygens (including phenoxy) is 1. The maximum absolute atomic E-state index is 12.8. The van der Waals surface area contributed by atoms with Crippen molar-refractivity contribution >= 4 is 23.1 Å². The Labute approximate surface area is 125 Å². The van der Waals surface area contributed by atoms with E-state index in [0.29, 0.717) is 17.0 Å². The van der Waals surface area contributed by atoms with Crippen LogP contribution in [-0.2, 0) is 17.6 Å². The minimum absolute atomic E-state index is 0.000498. The Kier molecular flexibility index (Phi) is 4.24. The van der Waals surface area contributed by atoms with Crippen LogP contribution in [0.3, 0.4) is 0 Å². The first-order valence-corrected chi connectivity index (χ1v) is 7.60. The van der Waals surface area contributed by atoms with Gasteiger partial charge in [-0.05, 0) is 45.6 Å². The Morgan fingerprint density at radius 1 is 1.38 bits per heavy atom. The van der Waals surface area contributed by atoms with Crippen LogP contribution in [0.5, 0.6) is 0 Å². The van der Waals surface area contributed by atoms with Gasteiger partial charge >= 0.3 is 12.3 Å². The average Bonchev–Trinajstić information content (AvgIpc) is 2.68. The average molecular weight is 321 g/mol. The second-order valence-electron chi connectivity index (χ2n) is 6.16. The SMILES string of the molecule is CC(C)(C)OC(=O)Nc1csc2c1CCC(C(F)(F)F)C2. The van der Waals surface area contributed by atoms with E-state index in [9.17, 15) is 18.0 Å². The maximum Gasteiger partial charge on any atom is 0.412 e. The predicted molar refractivity (Wildman–Crippen MR) is 75.7 cm³/mol. The molecule has 21 heavy (non-hydrogen) atoms. The molecule has 1 amide bonds. The van der Waals surface area contributed by atoms with Crippen LogP contribution < -0.4 is 5.32 Å². The summed E-state index contributed by atoms with van der Waals surface area (Å²) in [6.45, 7) is 5.26. The molecule has 1 aliphatic rings. The van der Waals surface area contributed by atoms with Crippen molar-refractivity contribution in [2.75, 3.05) is 5.32 Å². The smallest absolute Gasteiger partial charge is 0.412 e. The van der Waals surface area contributed by atoms with Gasteiger partial charge in [0.05, 0.1) is 11.6 Å². The number of thiophene rings is 1. The zero-order chi connectivity index (χ0) is 15.8. The molecule has 1 unspecified atom stereocenters. The van der Waals surface area contributed by atoms with Crippen molar-refractivity contribution in [2.45, 2.75) is 51.8 Å². The molecule has 0 bridgehead atoms. The van der Waals surface area contributed by atoms with Gasteiger partial charge in [-0.3, -0.25) is 5.32 Å². The van der Waals surface area contributed by atoms with E-state index in [1.54, 1.807) is 26.2 Å². The van der Waals surface area contributed by atoms with Gasteiger partial charge in [0.2, 0.25) is 0 Å². The number of fused-ring (bicyclic) bond motifs is 1. The van der Waals surface area contributed by atoms with Crippen LogP contribution in [0, 0.1) is 5.92 Å². The van der Waals surface area contributed by atoms with E-state index >= 15 is 0 Å². The van der Waals surface area contributed by atoms with E-state index in [4.69, 9.17) is 4.74 Å². The molecular weight excluding hydrogens is 303 g/mol. The van der Waals surface area contributed by atoms with Crippen molar-refractivity contribution < 1.29 is 22.7 Å². The van der Waals surface area contributed by atoms with Crippen LogP contribution in [0.4, 0.5) is 23.7 Å². The highest BCUT2D eigenvalue weighted by atomic mass is 32.1. The molecule has 0 spiro atoms. The molecule has 7 heteroatoms. The first kappa shape index (κ1) is 16.1. The summed E-state index contributed by atoms with van der Waals surface area (Å²) >= 11 is 1.26. The minimum atomic E-state index is -4.15. The Bertz CT molecular complexity index is 531. The van der Waals surface area contributed by atoms with Gasteiger partial charge in [0.1, 0.15) is 5.60 Å². The van der Waals surface area contributed by atoms with E-state index in [1.165, 1.54) is 11.3 Å². The van der Waals surface area contributed by atoms with Gasteiger partial charge in [-0.2, -0.15) is 13.2 Å². The molecule has 0 fully saturated rings. The standard InChI is InChI=1S/C14H18F3NO2S/c1-13(2,3)20-12(19)18-10-7-21-11-6-8(14(15,16)17)4-5-9(10)11/h7-8H,4-6H2,1-3H3,(H,18,19). The molecule has 3 nitrogen and oxygen atoms in total. The van der Waals surface area contributed by atoms with Crippen molar-refractivity contribution in [3.05, 3.63) is 15.8 Å². The molecule has 0 aromatic carbocycles. The number of alkyl halides is 3. The molecule has 1 aromatic rings. The highest BCUT2D eigenvalue weighted by Gasteiger charge is 2.42.